The molecule has 112 valence electrons. The molecule has 0 saturated carbocycles. The Morgan fingerprint density at radius 3 is 2.67 bits per heavy atom. The van der Waals surface area contributed by atoms with E-state index in [0.717, 1.165) is 5.56 Å². The normalized spacial score (nSPS) is 12.9. The highest BCUT2D eigenvalue weighted by Crippen LogP contribution is 2.21. The third-order valence-corrected chi connectivity index (χ3v) is 4.44. The van der Waals surface area contributed by atoms with E-state index in [0.29, 0.717) is 12.0 Å². The van der Waals surface area contributed by atoms with Gasteiger partial charge in [0.2, 0.25) is 0 Å². The summed E-state index contributed by atoms with van der Waals surface area (Å²) < 4.78 is 27.1. The molecule has 0 saturated heterocycles. The van der Waals surface area contributed by atoms with Crippen molar-refractivity contribution in [1.29, 1.82) is 0 Å². The predicted molar refractivity (Wildman–Crippen MR) is 81.5 cm³/mol. The number of nitrogens with zero attached hydrogens (tertiary/aromatic N) is 1. The maximum Gasteiger partial charge on any atom is 0.263 e. The quantitative estimate of drug-likeness (QED) is 0.890. The van der Waals surface area contributed by atoms with E-state index >= 15 is 0 Å². The molecular weight excluding hydrogens is 288 g/mol. The second kappa shape index (κ2) is 6.24. The van der Waals surface area contributed by atoms with Gasteiger partial charge in [0.25, 0.3) is 10.0 Å². The molecule has 2 N–H and O–H groups in total. The summed E-state index contributed by atoms with van der Waals surface area (Å²) in [7, 11) is -3.71. The van der Waals surface area contributed by atoms with Gasteiger partial charge < -0.3 is 5.11 Å². The fourth-order valence-electron chi connectivity index (χ4n) is 1.85. The molecule has 1 atom stereocenters. The summed E-state index contributed by atoms with van der Waals surface area (Å²) in [4.78, 5) is 4.13. The number of hydrogen-bond acceptors (Lipinski definition) is 4. The lowest BCUT2D eigenvalue weighted by atomic mass is 10.1. The van der Waals surface area contributed by atoms with E-state index in [2.05, 4.69) is 9.71 Å². The second-order valence-electron chi connectivity index (χ2n) is 4.82. The first-order valence-electron chi connectivity index (χ1n) is 6.66. The van der Waals surface area contributed by atoms with Gasteiger partial charge in [0.15, 0.2) is 0 Å². The third-order valence-electron chi connectivity index (χ3n) is 3.09. The Bertz CT molecular complexity index is 712. The van der Waals surface area contributed by atoms with Crippen molar-refractivity contribution in [3.05, 3.63) is 53.7 Å². The van der Waals surface area contributed by atoms with Gasteiger partial charge in [-0.25, -0.2) is 13.4 Å². The van der Waals surface area contributed by atoms with Crippen LogP contribution in [0.15, 0.2) is 47.5 Å². The summed E-state index contributed by atoms with van der Waals surface area (Å²) >= 11 is 0. The number of aliphatic hydroxyl groups is 1. The van der Waals surface area contributed by atoms with Crippen LogP contribution < -0.4 is 4.72 Å². The molecule has 0 radical (unpaired) electrons. The summed E-state index contributed by atoms with van der Waals surface area (Å²) in [5.41, 5.74) is 1.53. The van der Waals surface area contributed by atoms with Gasteiger partial charge in [-0.15, -0.1) is 0 Å². The molecule has 1 aromatic carbocycles. The van der Waals surface area contributed by atoms with Crippen LogP contribution in [0.3, 0.4) is 0 Å². The van der Waals surface area contributed by atoms with Gasteiger partial charge in [-0.05, 0) is 42.7 Å². The molecule has 21 heavy (non-hydrogen) atoms. The number of aliphatic hydroxyl groups excluding tert-OH is 1. The lowest BCUT2D eigenvalue weighted by molar-refractivity contribution is 0.173. The van der Waals surface area contributed by atoms with Crippen molar-refractivity contribution in [1.82, 2.24) is 4.98 Å². The van der Waals surface area contributed by atoms with E-state index < -0.39 is 16.1 Å². The second-order valence-corrected chi connectivity index (χ2v) is 6.51. The zero-order valence-electron chi connectivity index (χ0n) is 11.9. The Morgan fingerprint density at radius 2 is 2.05 bits per heavy atom. The molecule has 1 unspecified atom stereocenters. The van der Waals surface area contributed by atoms with Crippen molar-refractivity contribution in [3.8, 4) is 0 Å². The number of anilines is 1. The zero-order valence-corrected chi connectivity index (χ0v) is 12.8. The molecule has 0 fully saturated rings. The monoisotopic (exact) mass is 306 g/mol. The summed E-state index contributed by atoms with van der Waals surface area (Å²) in [5, 5.41) is 9.81. The van der Waals surface area contributed by atoms with Gasteiger partial charge in [-0.2, -0.15) is 0 Å². The Morgan fingerprint density at radius 1 is 1.29 bits per heavy atom. The van der Waals surface area contributed by atoms with Gasteiger partial charge in [0, 0.05) is 6.20 Å². The molecule has 0 spiro atoms. The summed E-state index contributed by atoms with van der Waals surface area (Å²) in [6, 6.07) is 9.68. The third kappa shape index (κ3) is 3.80. The van der Waals surface area contributed by atoms with Crippen molar-refractivity contribution < 1.29 is 13.5 Å². The molecule has 0 bridgehead atoms. The smallest absolute Gasteiger partial charge is 0.263 e. The average Bonchev–Trinajstić information content (AvgIpc) is 2.49. The van der Waals surface area contributed by atoms with E-state index in [9.17, 15) is 13.5 Å². The molecule has 0 aliphatic rings. The van der Waals surface area contributed by atoms with Crippen LogP contribution in [-0.2, 0) is 10.0 Å². The lowest BCUT2D eigenvalue weighted by Crippen LogP contribution is -2.14. The molecule has 0 aliphatic carbocycles. The van der Waals surface area contributed by atoms with E-state index in [-0.39, 0.29) is 10.7 Å². The average molecular weight is 306 g/mol. The molecular formula is C15H18N2O3S. The van der Waals surface area contributed by atoms with Gasteiger partial charge in [0.1, 0.15) is 5.82 Å². The van der Waals surface area contributed by atoms with Crippen LogP contribution in [0.2, 0.25) is 0 Å². The molecule has 6 heteroatoms. The first-order chi connectivity index (χ1) is 9.92. The molecule has 2 rings (SSSR count). The van der Waals surface area contributed by atoms with Crippen molar-refractivity contribution in [3.63, 3.8) is 0 Å². The highest BCUT2D eigenvalue weighted by Gasteiger charge is 2.16. The number of hydrogen-bond donors (Lipinski definition) is 2. The molecule has 0 aliphatic heterocycles. The number of nitrogens with one attached hydrogen (secondary N) is 1. The first-order valence-corrected chi connectivity index (χ1v) is 8.14. The van der Waals surface area contributed by atoms with Crippen molar-refractivity contribution in [2.75, 3.05) is 4.72 Å². The number of benzene rings is 1. The van der Waals surface area contributed by atoms with Crippen LogP contribution in [0.1, 0.15) is 30.6 Å². The fourth-order valence-corrected chi connectivity index (χ4v) is 2.91. The lowest BCUT2D eigenvalue weighted by Gasteiger charge is -2.11. The van der Waals surface area contributed by atoms with Gasteiger partial charge in [0.05, 0.1) is 11.0 Å². The molecule has 2 aromatic rings. The van der Waals surface area contributed by atoms with E-state index in [4.69, 9.17) is 0 Å². The molecule has 1 aromatic heterocycles. The van der Waals surface area contributed by atoms with Crippen molar-refractivity contribution >= 4 is 15.8 Å². The highest BCUT2D eigenvalue weighted by atomic mass is 32.2. The minimum Gasteiger partial charge on any atom is -0.388 e. The van der Waals surface area contributed by atoms with Crippen molar-refractivity contribution in [2.24, 2.45) is 0 Å². The molecule has 0 amide bonds. The Hall–Kier alpha value is -1.92. The van der Waals surface area contributed by atoms with Crippen LogP contribution >= 0.6 is 0 Å². The van der Waals surface area contributed by atoms with Gasteiger partial charge in [-0.3, -0.25) is 4.72 Å². The van der Waals surface area contributed by atoms with Crippen LogP contribution in [0.4, 0.5) is 5.82 Å². The SMILES string of the molecule is CCC(O)c1cccc(S(=O)(=O)Nc2ccc(C)cn2)c1. The number of aromatic nitrogens is 1. The number of aryl methyl sites for hydroxylation is 1. The Kier molecular flexibility index (Phi) is 4.59. The van der Waals surface area contributed by atoms with Gasteiger partial charge in [-0.1, -0.05) is 25.1 Å². The first kappa shape index (κ1) is 15.5. The Labute approximate surface area is 124 Å². The fraction of sp³-hybridized carbons (Fsp3) is 0.267. The van der Waals surface area contributed by atoms with E-state index in [1.807, 2.05) is 13.8 Å². The maximum absolute atomic E-state index is 12.3. The van der Waals surface area contributed by atoms with Crippen LogP contribution in [0.25, 0.3) is 0 Å². The maximum atomic E-state index is 12.3. The highest BCUT2D eigenvalue weighted by molar-refractivity contribution is 7.92. The van der Waals surface area contributed by atoms with E-state index in [1.165, 1.54) is 12.1 Å². The van der Waals surface area contributed by atoms with Gasteiger partial charge >= 0.3 is 0 Å². The van der Waals surface area contributed by atoms with E-state index in [1.54, 1.807) is 30.5 Å². The summed E-state index contributed by atoms with van der Waals surface area (Å²) in [6.07, 6.45) is 1.45. The number of pyridine rings is 1. The largest absolute Gasteiger partial charge is 0.388 e. The topological polar surface area (TPSA) is 79.3 Å². The Balaban J connectivity index is 2.29. The minimum atomic E-state index is -3.71. The summed E-state index contributed by atoms with van der Waals surface area (Å²) in [6.45, 7) is 3.71. The van der Waals surface area contributed by atoms with Crippen LogP contribution in [0.5, 0.6) is 0 Å². The number of sulfonamides is 1. The standard InChI is InChI=1S/C15H18N2O3S/c1-3-14(18)12-5-4-6-13(9-12)21(19,20)17-15-8-7-11(2)10-16-15/h4-10,14,18H,3H2,1-2H3,(H,16,17). The zero-order chi connectivity index (χ0) is 15.5. The predicted octanol–water partition coefficient (Wildman–Crippen LogP) is 2.63. The molecule has 5 nitrogen and oxygen atoms in total. The minimum absolute atomic E-state index is 0.106. The van der Waals surface area contributed by atoms with Crippen LogP contribution in [0, 0.1) is 6.92 Å². The van der Waals surface area contributed by atoms with Crippen molar-refractivity contribution in [2.45, 2.75) is 31.3 Å². The molecule has 1 heterocycles. The summed E-state index contributed by atoms with van der Waals surface area (Å²) in [5.74, 6) is 0.266. The number of rotatable bonds is 5. The van der Waals surface area contributed by atoms with Crippen LogP contribution in [-0.4, -0.2) is 18.5 Å².